The number of nitro groups is 1. The Balaban J connectivity index is 1.88. The minimum absolute atomic E-state index is 0.00665. The SMILES string of the molecule is O=C(NCC(O)C(O)c1cc([N+](=O)[O-])ccc1Cl)OCc1ccccc1. The second-order valence-electron chi connectivity index (χ2n) is 5.42. The van der Waals surface area contributed by atoms with Crippen molar-refractivity contribution >= 4 is 23.4 Å². The average Bonchev–Trinajstić information content (AvgIpc) is 2.64. The third kappa shape index (κ3) is 5.41. The molecule has 138 valence electrons. The third-order valence-corrected chi connectivity index (χ3v) is 3.89. The van der Waals surface area contributed by atoms with Gasteiger partial charge in [-0.05, 0) is 11.6 Å². The van der Waals surface area contributed by atoms with E-state index in [1.165, 1.54) is 12.1 Å². The van der Waals surface area contributed by atoms with Crippen LogP contribution in [0, 0.1) is 10.1 Å². The summed E-state index contributed by atoms with van der Waals surface area (Å²) in [7, 11) is 0. The molecule has 9 heteroatoms. The van der Waals surface area contributed by atoms with Crippen LogP contribution in [0.5, 0.6) is 0 Å². The van der Waals surface area contributed by atoms with E-state index in [-0.39, 0.29) is 29.4 Å². The van der Waals surface area contributed by atoms with Crippen LogP contribution in [0.3, 0.4) is 0 Å². The van der Waals surface area contributed by atoms with Gasteiger partial charge in [-0.1, -0.05) is 41.9 Å². The fraction of sp³-hybridized carbons (Fsp3) is 0.235. The number of carbonyl (C=O) groups is 1. The standard InChI is InChI=1S/C17H17ClN2O6/c18-14-7-6-12(20(24)25)8-13(14)16(22)15(21)9-19-17(23)26-10-11-4-2-1-3-5-11/h1-8,15-16,21-22H,9-10H2,(H,19,23). The number of carbonyl (C=O) groups excluding carboxylic acids is 1. The van der Waals surface area contributed by atoms with E-state index in [4.69, 9.17) is 16.3 Å². The molecule has 3 N–H and O–H groups in total. The minimum atomic E-state index is -1.52. The molecule has 0 aromatic heterocycles. The number of hydrogen-bond donors (Lipinski definition) is 3. The van der Waals surface area contributed by atoms with Gasteiger partial charge in [-0.25, -0.2) is 4.79 Å². The van der Waals surface area contributed by atoms with Crippen LogP contribution < -0.4 is 5.32 Å². The molecule has 0 aliphatic rings. The molecule has 2 atom stereocenters. The topological polar surface area (TPSA) is 122 Å². The van der Waals surface area contributed by atoms with Gasteiger partial charge in [-0.2, -0.15) is 0 Å². The zero-order valence-electron chi connectivity index (χ0n) is 13.5. The Hall–Kier alpha value is -2.68. The van der Waals surface area contributed by atoms with Crippen LogP contribution in [0.4, 0.5) is 10.5 Å². The molecule has 0 aliphatic carbocycles. The number of aliphatic hydroxyl groups is 2. The first-order valence-corrected chi connectivity index (χ1v) is 8.01. The number of halogens is 1. The predicted molar refractivity (Wildman–Crippen MR) is 93.7 cm³/mol. The van der Waals surface area contributed by atoms with Gasteiger partial charge >= 0.3 is 6.09 Å². The molecule has 0 heterocycles. The second kappa shape index (κ2) is 9.14. The molecule has 0 saturated carbocycles. The van der Waals surface area contributed by atoms with Crippen LogP contribution in [0.1, 0.15) is 17.2 Å². The molecule has 0 saturated heterocycles. The van der Waals surface area contributed by atoms with Crippen molar-refractivity contribution in [2.75, 3.05) is 6.54 Å². The van der Waals surface area contributed by atoms with Gasteiger partial charge in [-0.15, -0.1) is 0 Å². The lowest BCUT2D eigenvalue weighted by Gasteiger charge is -2.19. The largest absolute Gasteiger partial charge is 0.445 e. The Kier molecular flexibility index (Phi) is 6.90. The number of nitrogens with zero attached hydrogens (tertiary/aromatic N) is 1. The van der Waals surface area contributed by atoms with E-state index in [2.05, 4.69) is 5.32 Å². The molecule has 0 fully saturated rings. The highest BCUT2D eigenvalue weighted by Crippen LogP contribution is 2.29. The molecular formula is C17H17ClN2O6. The number of alkyl carbamates (subject to hydrolysis) is 1. The number of nitro benzene ring substituents is 1. The van der Waals surface area contributed by atoms with Crippen molar-refractivity contribution in [2.45, 2.75) is 18.8 Å². The van der Waals surface area contributed by atoms with E-state index in [1.807, 2.05) is 6.07 Å². The summed E-state index contributed by atoms with van der Waals surface area (Å²) >= 11 is 5.91. The van der Waals surface area contributed by atoms with Crippen LogP contribution in [0.25, 0.3) is 0 Å². The summed E-state index contributed by atoms with van der Waals surface area (Å²) < 4.78 is 4.98. The van der Waals surface area contributed by atoms with E-state index in [0.717, 1.165) is 11.6 Å². The summed E-state index contributed by atoms with van der Waals surface area (Å²) in [5.74, 6) is 0. The van der Waals surface area contributed by atoms with Gasteiger partial charge in [-0.3, -0.25) is 10.1 Å². The van der Waals surface area contributed by atoms with Crippen LogP contribution in [0.2, 0.25) is 5.02 Å². The van der Waals surface area contributed by atoms with Crippen molar-refractivity contribution in [3.63, 3.8) is 0 Å². The van der Waals surface area contributed by atoms with Crippen molar-refractivity contribution in [2.24, 2.45) is 0 Å². The zero-order valence-corrected chi connectivity index (χ0v) is 14.3. The Bertz CT molecular complexity index is 771. The maximum Gasteiger partial charge on any atom is 0.407 e. The Morgan fingerprint density at radius 2 is 1.92 bits per heavy atom. The van der Waals surface area contributed by atoms with E-state index in [9.17, 15) is 25.1 Å². The summed E-state index contributed by atoms with van der Waals surface area (Å²) in [4.78, 5) is 21.8. The van der Waals surface area contributed by atoms with Crippen LogP contribution in [-0.4, -0.2) is 33.9 Å². The normalized spacial score (nSPS) is 12.9. The highest BCUT2D eigenvalue weighted by molar-refractivity contribution is 6.31. The number of nitrogens with one attached hydrogen (secondary N) is 1. The summed E-state index contributed by atoms with van der Waals surface area (Å²) in [5.41, 5.74) is 0.519. The Labute approximate surface area is 154 Å². The smallest absolute Gasteiger partial charge is 0.407 e. The predicted octanol–water partition coefficient (Wildman–Crippen LogP) is 2.57. The zero-order chi connectivity index (χ0) is 19.1. The van der Waals surface area contributed by atoms with Gasteiger partial charge in [0, 0.05) is 29.3 Å². The molecule has 2 aromatic carbocycles. The fourth-order valence-electron chi connectivity index (χ4n) is 2.15. The number of aliphatic hydroxyl groups excluding tert-OH is 2. The molecule has 2 aromatic rings. The second-order valence-corrected chi connectivity index (χ2v) is 5.82. The summed E-state index contributed by atoms with van der Waals surface area (Å²) in [5, 5.41) is 33.3. The lowest BCUT2D eigenvalue weighted by molar-refractivity contribution is -0.385. The Morgan fingerprint density at radius 1 is 1.23 bits per heavy atom. The van der Waals surface area contributed by atoms with E-state index >= 15 is 0 Å². The maximum absolute atomic E-state index is 11.6. The number of ether oxygens (including phenoxy) is 1. The fourth-order valence-corrected chi connectivity index (χ4v) is 2.38. The van der Waals surface area contributed by atoms with Gasteiger partial charge in [0.15, 0.2) is 0 Å². The van der Waals surface area contributed by atoms with Crippen molar-refractivity contribution in [3.05, 3.63) is 74.8 Å². The lowest BCUT2D eigenvalue weighted by Crippen LogP contribution is -2.35. The van der Waals surface area contributed by atoms with Gasteiger partial charge < -0.3 is 20.3 Å². The van der Waals surface area contributed by atoms with Gasteiger partial charge in [0.25, 0.3) is 5.69 Å². The van der Waals surface area contributed by atoms with Crippen molar-refractivity contribution in [3.8, 4) is 0 Å². The van der Waals surface area contributed by atoms with Crippen molar-refractivity contribution in [1.82, 2.24) is 5.32 Å². The summed E-state index contributed by atoms with van der Waals surface area (Å²) in [6.07, 6.45) is -3.72. The van der Waals surface area contributed by atoms with E-state index in [0.29, 0.717) is 0 Å². The molecule has 0 aliphatic heterocycles. The van der Waals surface area contributed by atoms with Crippen LogP contribution >= 0.6 is 11.6 Å². The number of hydrogen-bond acceptors (Lipinski definition) is 6. The molecular weight excluding hydrogens is 364 g/mol. The third-order valence-electron chi connectivity index (χ3n) is 3.54. The highest BCUT2D eigenvalue weighted by atomic mass is 35.5. The lowest BCUT2D eigenvalue weighted by atomic mass is 10.0. The van der Waals surface area contributed by atoms with E-state index < -0.39 is 23.2 Å². The first-order chi connectivity index (χ1) is 12.4. The average molecular weight is 381 g/mol. The van der Waals surface area contributed by atoms with Gasteiger partial charge in [0.05, 0.1) is 4.92 Å². The maximum atomic E-state index is 11.6. The number of rotatable bonds is 7. The van der Waals surface area contributed by atoms with E-state index in [1.54, 1.807) is 24.3 Å². The summed E-state index contributed by atoms with van der Waals surface area (Å²) in [6, 6.07) is 12.5. The van der Waals surface area contributed by atoms with Crippen molar-refractivity contribution in [1.29, 1.82) is 0 Å². The number of amides is 1. The molecule has 1 amide bonds. The van der Waals surface area contributed by atoms with Crippen LogP contribution in [0.15, 0.2) is 48.5 Å². The summed E-state index contributed by atoms with van der Waals surface area (Å²) in [6.45, 7) is -0.268. The molecule has 0 bridgehead atoms. The molecule has 8 nitrogen and oxygen atoms in total. The quantitative estimate of drug-likeness (QED) is 0.501. The molecule has 2 rings (SSSR count). The molecule has 2 unspecified atom stereocenters. The van der Waals surface area contributed by atoms with Gasteiger partial charge in [0.1, 0.15) is 18.8 Å². The minimum Gasteiger partial charge on any atom is -0.445 e. The molecule has 0 radical (unpaired) electrons. The first kappa shape index (κ1) is 19.6. The number of benzene rings is 2. The molecule has 26 heavy (non-hydrogen) atoms. The van der Waals surface area contributed by atoms with Crippen molar-refractivity contribution < 1.29 is 24.7 Å². The van der Waals surface area contributed by atoms with Gasteiger partial charge in [0.2, 0.25) is 0 Å². The van der Waals surface area contributed by atoms with Crippen LogP contribution in [-0.2, 0) is 11.3 Å². The Morgan fingerprint density at radius 3 is 2.58 bits per heavy atom. The molecule has 0 spiro atoms. The monoisotopic (exact) mass is 380 g/mol. The number of non-ortho nitro benzene ring substituents is 1. The highest BCUT2D eigenvalue weighted by Gasteiger charge is 2.23. The first-order valence-electron chi connectivity index (χ1n) is 7.63.